The lowest BCUT2D eigenvalue weighted by molar-refractivity contribution is 0.446. The van der Waals surface area contributed by atoms with Crippen LogP contribution in [0.1, 0.15) is 0 Å². The van der Waals surface area contributed by atoms with Gasteiger partial charge in [0.15, 0.2) is 6.33 Å². The number of hydrogen-bond acceptors (Lipinski definition) is 3. The lowest BCUT2D eigenvalue weighted by Gasteiger charge is -1.63. The molecule has 3 nitrogen and oxygen atoms in total. The highest BCUT2D eigenvalue weighted by Gasteiger charge is 1.79. The standard InChI is InChI=1S/C2H3N2OP/c6-2-3-1-4-5-2/h1H,6H2. The van der Waals surface area contributed by atoms with Crippen molar-refractivity contribution in [2.75, 3.05) is 0 Å². The van der Waals surface area contributed by atoms with E-state index in [0.29, 0.717) is 5.63 Å². The van der Waals surface area contributed by atoms with Gasteiger partial charge in [0, 0.05) is 0 Å². The second-order valence-electron chi connectivity index (χ2n) is 0.780. The Labute approximate surface area is 36.9 Å². The maximum atomic E-state index is 4.44. The van der Waals surface area contributed by atoms with Gasteiger partial charge >= 0.3 is 0 Å². The molecule has 0 saturated heterocycles. The highest BCUT2D eigenvalue weighted by Crippen LogP contribution is 1.75. The molecule has 0 aromatic carbocycles. The number of nitrogens with zero attached hydrogens (tertiary/aromatic N) is 2. The third-order valence-corrected chi connectivity index (χ3v) is 0.633. The first-order chi connectivity index (χ1) is 2.89. The maximum Gasteiger partial charge on any atom is 0.241 e. The molecule has 1 rings (SSSR count). The average Bonchev–Trinajstić information content (AvgIpc) is 1.86. The summed E-state index contributed by atoms with van der Waals surface area (Å²) in [6.45, 7) is 0. The molecule has 0 spiro atoms. The van der Waals surface area contributed by atoms with Crippen LogP contribution < -0.4 is 5.63 Å². The number of hydrogen-bond donors (Lipinski definition) is 0. The highest BCUT2D eigenvalue weighted by molar-refractivity contribution is 7.26. The largest absolute Gasteiger partial charge is 0.335 e. The third kappa shape index (κ3) is 0.546. The van der Waals surface area contributed by atoms with Crippen molar-refractivity contribution in [1.82, 2.24) is 10.1 Å². The zero-order valence-electron chi connectivity index (χ0n) is 2.96. The van der Waals surface area contributed by atoms with Gasteiger partial charge in [-0.1, -0.05) is 5.16 Å². The van der Waals surface area contributed by atoms with Crippen molar-refractivity contribution >= 4 is 14.9 Å². The maximum absolute atomic E-state index is 4.44. The summed E-state index contributed by atoms with van der Waals surface area (Å²) in [5, 5.41) is 3.31. The minimum absolute atomic E-state index is 0.523. The predicted molar refractivity (Wildman–Crippen MR) is 23.6 cm³/mol. The molecule has 0 N–H and O–H groups in total. The van der Waals surface area contributed by atoms with Gasteiger partial charge in [-0.25, -0.2) is 0 Å². The van der Waals surface area contributed by atoms with Gasteiger partial charge in [-0.2, -0.15) is 4.98 Å². The van der Waals surface area contributed by atoms with Crippen LogP contribution in [0.2, 0.25) is 0 Å². The summed E-state index contributed by atoms with van der Waals surface area (Å²) in [4.78, 5) is 3.60. The van der Waals surface area contributed by atoms with Crippen molar-refractivity contribution < 1.29 is 4.52 Å². The molecule has 0 radical (unpaired) electrons. The molecule has 0 aliphatic carbocycles. The van der Waals surface area contributed by atoms with Crippen molar-refractivity contribution in [3.05, 3.63) is 6.33 Å². The highest BCUT2D eigenvalue weighted by atomic mass is 31.0. The van der Waals surface area contributed by atoms with E-state index in [9.17, 15) is 0 Å². The Morgan fingerprint density at radius 3 is 2.83 bits per heavy atom. The third-order valence-electron chi connectivity index (χ3n) is 0.378. The molecule has 0 saturated carbocycles. The minimum atomic E-state index is 0.523. The first kappa shape index (κ1) is 3.75. The van der Waals surface area contributed by atoms with E-state index in [1.807, 2.05) is 0 Å². The lowest BCUT2D eigenvalue weighted by Crippen LogP contribution is -1.83. The summed E-state index contributed by atoms with van der Waals surface area (Å²) < 4.78 is 4.44. The Balaban J connectivity index is 3.05. The molecule has 0 fully saturated rings. The molecule has 1 aromatic heterocycles. The molecule has 1 aromatic rings. The fourth-order valence-electron chi connectivity index (χ4n) is 0.182. The van der Waals surface area contributed by atoms with Crippen LogP contribution in [0.15, 0.2) is 10.9 Å². The minimum Gasteiger partial charge on any atom is -0.335 e. The van der Waals surface area contributed by atoms with Crippen molar-refractivity contribution in [1.29, 1.82) is 0 Å². The van der Waals surface area contributed by atoms with Crippen molar-refractivity contribution in [2.45, 2.75) is 0 Å². The van der Waals surface area contributed by atoms with Gasteiger partial charge in [0.2, 0.25) is 5.63 Å². The monoisotopic (exact) mass is 102 g/mol. The van der Waals surface area contributed by atoms with Crippen LogP contribution >= 0.6 is 9.24 Å². The SMILES string of the molecule is Pc1ncno1. The number of aromatic nitrogens is 2. The molecule has 0 aliphatic rings. The van der Waals surface area contributed by atoms with E-state index in [-0.39, 0.29) is 0 Å². The van der Waals surface area contributed by atoms with Gasteiger partial charge < -0.3 is 4.52 Å². The van der Waals surface area contributed by atoms with Crippen molar-refractivity contribution in [2.24, 2.45) is 0 Å². The van der Waals surface area contributed by atoms with Gasteiger partial charge in [0.05, 0.1) is 0 Å². The first-order valence-electron chi connectivity index (χ1n) is 1.42. The van der Waals surface area contributed by atoms with Gasteiger partial charge in [0.25, 0.3) is 0 Å². The van der Waals surface area contributed by atoms with E-state index in [4.69, 9.17) is 0 Å². The van der Waals surface area contributed by atoms with Crippen LogP contribution in [-0.2, 0) is 0 Å². The summed E-state index contributed by atoms with van der Waals surface area (Å²) in [7, 11) is 2.28. The van der Waals surface area contributed by atoms with Crippen LogP contribution in [0.4, 0.5) is 0 Å². The normalized spacial score (nSPS) is 8.83. The quantitative estimate of drug-likeness (QED) is 0.417. The summed E-state index contributed by atoms with van der Waals surface area (Å²) >= 11 is 0. The molecular formula is C2H3N2OP. The zero-order valence-corrected chi connectivity index (χ0v) is 4.11. The van der Waals surface area contributed by atoms with Crippen molar-refractivity contribution in [3.8, 4) is 0 Å². The van der Waals surface area contributed by atoms with Gasteiger partial charge in [-0.15, -0.1) is 0 Å². The molecule has 1 heterocycles. The van der Waals surface area contributed by atoms with Crippen LogP contribution in [0.25, 0.3) is 0 Å². The smallest absolute Gasteiger partial charge is 0.241 e. The van der Waals surface area contributed by atoms with Crippen LogP contribution in [0.3, 0.4) is 0 Å². The lowest BCUT2D eigenvalue weighted by atomic mass is 11.3. The molecule has 32 valence electrons. The Morgan fingerprint density at radius 1 is 1.83 bits per heavy atom. The summed E-state index contributed by atoms with van der Waals surface area (Å²) in [6, 6.07) is 0. The van der Waals surface area contributed by atoms with E-state index in [1.54, 1.807) is 0 Å². The molecule has 1 atom stereocenters. The molecule has 0 amide bonds. The molecule has 0 aliphatic heterocycles. The Morgan fingerprint density at radius 2 is 2.67 bits per heavy atom. The fraction of sp³-hybridized carbons (Fsp3) is 0. The number of rotatable bonds is 0. The van der Waals surface area contributed by atoms with Crippen LogP contribution in [-0.4, -0.2) is 10.1 Å². The molecule has 4 heteroatoms. The second-order valence-corrected chi connectivity index (χ2v) is 1.27. The Hall–Kier alpha value is -0.430. The molecular weight excluding hydrogens is 99.0 g/mol. The van der Waals surface area contributed by atoms with E-state index in [2.05, 4.69) is 23.9 Å². The molecule has 0 bridgehead atoms. The van der Waals surface area contributed by atoms with Crippen LogP contribution in [0.5, 0.6) is 0 Å². The fourth-order valence-corrected chi connectivity index (χ4v) is 0.309. The summed E-state index contributed by atoms with van der Waals surface area (Å²) in [6.07, 6.45) is 1.35. The van der Waals surface area contributed by atoms with Crippen molar-refractivity contribution in [3.63, 3.8) is 0 Å². The van der Waals surface area contributed by atoms with E-state index in [0.717, 1.165) is 0 Å². The summed E-state index contributed by atoms with van der Waals surface area (Å²) in [5.74, 6) is 0. The van der Waals surface area contributed by atoms with E-state index in [1.165, 1.54) is 6.33 Å². The zero-order chi connectivity index (χ0) is 4.41. The predicted octanol–water partition coefficient (Wildman–Crippen LogP) is -0.430. The van der Waals surface area contributed by atoms with Gasteiger partial charge in [-0.05, 0) is 9.24 Å². The Kier molecular flexibility index (Phi) is 0.843. The summed E-state index contributed by atoms with van der Waals surface area (Å²) in [5.41, 5.74) is 0.523. The van der Waals surface area contributed by atoms with Gasteiger partial charge in [-0.3, -0.25) is 0 Å². The average molecular weight is 102 g/mol. The van der Waals surface area contributed by atoms with E-state index < -0.39 is 0 Å². The topological polar surface area (TPSA) is 38.9 Å². The van der Waals surface area contributed by atoms with Crippen LogP contribution in [0, 0.1) is 0 Å². The van der Waals surface area contributed by atoms with E-state index >= 15 is 0 Å². The first-order valence-corrected chi connectivity index (χ1v) is 1.99. The Bertz CT molecular complexity index is 115. The van der Waals surface area contributed by atoms with Gasteiger partial charge in [0.1, 0.15) is 0 Å². The second kappa shape index (κ2) is 1.35. The molecule has 6 heavy (non-hydrogen) atoms. The molecule has 1 unspecified atom stereocenters.